The molecule has 0 saturated carbocycles. The Morgan fingerprint density at radius 3 is 2.48 bits per heavy atom. The second kappa shape index (κ2) is 8.54. The SMILES string of the molecule is COc1ccc(CCC(=O)Nc2cccc(S(=O)(=O)N3CCCC3)c2)cc1. The van der Waals surface area contributed by atoms with E-state index in [0.29, 0.717) is 31.6 Å². The number of hydrogen-bond donors (Lipinski definition) is 1. The van der Waals surface area contributed by atoms with Gasteiger partial charge in [-0.1, -0.05) is 18.2 Å². The molecule has 0 aliphatic carbocycles. The van der Waals surface area contributed by atoms with E-state index in [9.17, 15) is 13.2 Å². The van der Waals surface area contributed by atoms with Gasteiger partial charge in [0.2, 0.25) is 15.9 Å². The van der Waals surface area contributed by atoms with Crippen molar-refractivity contribution in [2.45, 2.75) is 30.6 Å². The molecule has 0 aromatic heterocycles. The molecule has 6 nitrogen and oxygen atoms in total. The zero-order valence-corrected chi connectivity index (χ0v) is 16.2. The number of nitrogens with zero attached hydrogens (tertiary/aromatic N) is 1. The van der Waals surface area contributed by atoms with E-state index in [2.05, 4.69) is 5.32 Å². The fraction of sp³-hybridized carbons (Fsp3) is 0.350. The van der Waals surface area contributed by atoms with E-state index in [1.54, 1.807) is 25.3 Å². The zero-order chi connectivity index (χ0) is 19.3. The lowest BCUT2D eigenvalue weighted by Crippen LogP contribution is -2.27. The van der Waals surface area contributed by atoms with Gasteiger partial charge in [0.1, 0.15) is 5.75 Å². The summed E-state index contributed by atoms with van der Waals surface area (Å²) in [5.41, 5.74) is 1.53. The summed E-state index contributed by atoms with van der Waals surface area (Å²) in [6.45, 7) is 1.11. The van der Waals surface area contributed by atoms with Crippen LogP contribution < -0.4 is 10.1 Å². The first kappa shape index (κ1) is 19.4. The van der Waals surface area contributed by atoms with Gasteiger partial charge in [0.25, 0.3) is 0 Å². The minimum absolute atomic E-state index is 0.151. The number of ether oxygens (including phenoxy) is 1. The van der Waals surface area contributed by atoms with E-state index >= 15 is 0 Å². The van der Waals surface area contributed by atoms with Crippen LogP contribution in [-0.2, 0) is 21.2 Å². The number of carbonyl (C=O) groups excluding carboxylic acids is 1. The number of aryl methyl sites for hydroxylation is 1. The highest BCUT2D eigenvalue weighted by Gasteiger charge is 2.27. The molecular formula is C20H24N2O4S. The lowest BCUT2D eigenvalue weighted by molar-refractivity contribution is -0.116. The number of methoxy groups -OCH3 is 1. The number of hydrogen-bond acceptors (Lipinski definition) is 4. The van der Waals surface area contributed by atoms with Gasteiger partial charge in [-0.15, -0.1) is 0 Å². The summed E-state index contributed by atoms with van der Waals surface area (Å²) in [5, 5.41) is 2.79. The van der Waals surface area contributed by atoms with Gasteiger partial charge in [0.05, 0.1) is 12.0 Å². The van der Waals surface area contributed by atoms with Crippen molar-refractivity contribution in [2.24, 2.45) is 0 Å². The smallest absolute Gasteiger partial charge is 0.243 e. The number of rotatable bonds is 7. The molecule has 27 heavy (non-hydrogen) atoms. The molecule has 1 heterocycles. The van der Waals surface area contributed by atoms with Gasteiger partial charge in [-0.3, -0.25) is 4.79 Å². The Kier molecular flexibility index (Phi) is 6.13. The van der Waals surface area contributed by atoms with Crippen LogP contribution in [0.15, 0.2) is 53.4 Å². The quantitative estimate of drug-likeness (QED) is 0.791. The number of nitrogens with one attached hydrogen (secondary N) is 1. The van der Waals surface area contributed by atoms with Crippen molar-refractivity contribution in [1.82, 2.24) is 4.31 Å². The third-order valence-electron chi connectivity index (χ3n) is 4.62. The van der Waals surface area contributed by atoms with E-state index in [1.807, 2.05) is 24.3 Å². The molecule has 0 bridgehead atoms. The predicted octanol–water partition coefficient (Wildman–Crippen LogP) is 3.05. The van der Waals surface area contributed by atoms with Gasteiger partial charge in [0, 0.05) is 25.2 Å². The van der Waals surface area contributed by atoms with Crippen molar-refractivity contribution in [3.05, 3.63) is 54.1 Å². The molecule has 7 heteroatoms. The molecule has 1 fully saturated rings. The first-order valence-corrected chi connectivity index (χ1v) is 10.5. The van der Waals surface area contributed by atoms with Crippen LogP contribution in [0.5, 0.6) is 5.75 Å². The van der Waals surface area contributed by atoms with E-state index < -0.39 is 10.0 Å². The van der Waals surface area contributed by atoms with E-state index in [1.165, 1.54) is 10.4 Å². The standard InChI is InChI=1S/C20H24N2O4S/c1-26-18-10-7-16(8-11-18)9-12-20(23)21-17-5-4-6-19(15-17)27(24,25)22-13-2-3-14-22/h4-8,10-11,15H,2-3,9,12-14H2,1H3,(H,21,23). The zero-order valence-electron chi connectivity index (χ0n) is 15.3. The van der Waals surface area contributed by atoms with Crippen molar-refractivity contribution in [3.63, 3.8) is 0 Å². The Morgan fingerprint density at radius 2 is 1.81 bits per heavy atom. The number of benzene rings is 2. The molecule has 1 aliphatic rings. The summed E-state index contributed by atoms with van der Waals surface area (Å²) in [5.74, 6) is 0.626. The van der Waals surface area contributed by atoms with Crippen LogP contribution in [0.2, 0.25) is 0 Å². The number of anilines is 1. The van der Waals surface area contributed by atoms with E-state index in [4.69, 9.17) is 4.74 Å². The normalized spacial score (nSPS) is 14.9. The summed E-state index contributed by atoms with van der Waals surface area (Å²) in [6.07, 6.45) is 2.69. The first-order valence-electron chi connectivity index (χ1n) is 9.02. The maximum absolute atomic E-state index is 12.6. The Morgan fingerprint density at radius 1 is 1.11 bits per heavy atom. The second-order valence-electron chi connectivity index (χ2n) is 6.54. The average molecular weight is 388 g/mol. The van der Waals surface area contributed by atoms with Crippen molar-refractivity contribution in [3.8, 4) is 5.75 Å². The summed E-state index contributed by atoms with van der Waals surface area (Å²) in [7, 11) is -1.88. The van der Waals surface area contributed by atoms with Gasteiger partial charge in [0.15, 0.2) is 0 Å². The maximum Gasteiger partial charge on any atom is 0.243 e. The lowest BCUT2D eigenvalue weighted by Gasteiger charge is -2.16. The topological polar surface area (TPSA) is 75.7 Å². The Bertz CT molecular complexity index is 888. The monoisotopic (exact) mass is 388 g/mol. The number of amides is 1. The molecule has 144 valence electrons. The minimum Gasteiger partial charge on any atom is -0.497 e. The molecule has 1 aliphatic heterocycles. The van der Waals surface area contributed by atoms with Crippen LogP contribution in [0.3, 0.4) is 0 Å². The molecule has 1 amide bonds. The molecule has 2 aromatic rings. The molecule has 0 radical (unpaired) electrons. The molecule has 3 rings (SSSR count). The van der Waals surface area contributed by atoms with Crippen LogP contribution >= 0.6 is 0 Å². The lowest BCUT2D eigenvalue weighted by atomic mass is 10.1. The molecule has 1 N–H and O–H groups in total. The summed E-state index contributed by atoms with van der Waals surface area (Å²) in [4.78, 5) is 12.5. The van der Waals surface area contributed by atoms with Crippen molar-refractivity contribution < 1.29 is 17.9 Å². The maximum atomic E-state index is 12.6. The Hall–Kier alpha value is -2.38. The van der Waals surface area contributed by atoms with Gasteiger partial charge in [-0.25, -0.2) is 8.42 Å². The fourth-order valence-electron chi connectivity index (χ4n) is 3.09. The Labute approximate surface area is 160 Å². The highest BCUT2D eigenvalue weighted by Crippen LogP contribution is 2.23. The van der Waals surface area contributed by atoms with E-state index in [-0.39, 0.29) is 10.8 Å². The molecule has 0 unspecified atom stereocenters. The second-order valence-corrected chi connectivity index (χ2v) is 8.47. The summed E-state index contributed by atoms with van der Waals surface area (Å²) < 4.78 is 31.9. The van der Waals surface area contributed by atoms with Crippen LogP contribution in [0.25, 0.3) is 0 Å². The minimum atomic E-state index is -3.49. The van der Waals surface area contributed by atoms with Gasteiger partial charge in [-0.05, 0) is 55.2 Å². The van der Waals surface area contributed by atoms with Crippen molar-refractivity contribution in [2.75, 3.05) is 25.5 Å². The van der Waals surface area contributed by atoms with Crippen LogP contribution in [-0.4, -0.2) is 38.8 Å². The molecule has 2 aromatic carbocycles. The molecule has 0 atom stereocenters. The fourth-order valence-corrected chi connectivity index (χ4v) is 4.65. The van der Waals surface area contributed by atoms with Crippen molar-refractivity contribution >= 4 is 21.6 Å². The van der Waals surface area contributed by atoms with Crippen LogP contribution in [0.4, 0.5) is 5.69 Å². The summed E-state index contributed by atoms with van der Waals surface area (Å²) >= 11 is 0. The average Bonchev–Trinajstić information content (AvgIpc) is 3.23. The van der Waals surface area contributed by atoms with Crippen molar-refractivity contribution in [1.29, 1.82) is 0 Å². The van der Waals surface area contributed by atoms with E-state index in [0.717, 1.165) is 24.2 Å². The highest BCUT2D eigenvalue weighted by molar-refractivity contribution is 7.89. The predicted molar refractivity (Wildman–Crippen MR) is 104 cm³/mol. The first-order chi connectivity index (χ1) is 13.0. The third-order valence-corrected chi connectivity index (χ3v) is 6.52. The number of carbonyl (C=O) groups is 1. The third kappa shape index (κ3) is 4.87. The summed E-state index contributed by atoms with van der Waals surface area (Å²) in [6, 6.07) is 14.0. The molecule has 1 saturated heterocycles. The Balaban J connectivity index is 1.60. The highest BCUT2D eigenvalue weighted by atomic mass is 32.2. The van der Waals surface area contributed by atoms with Crippen LogP contribution in [0, 0.1) is 0 Å². The number of sulfonamides is 1. The van der Waals surface area contributed by atoms with Gasteiger partial charge >= 0.3 is 0 Å². The van der Waals surface area contributed by atoms with Crippen LogP contribution in [0.1, 0.15) is 24.8 Å². The van der Waals surface area contributed by atoms with Gasteiger partial charge in [-0.2, -0.15) is 4.31 Å². The largest absolute Gasteiger partial charge is 0.497 e. The molecular weight excluding hydrogens is 364 g/mol. The van der Waals surface area contributed by atoms with Gasteiger partial charge < -0.3 is 10.1 Å². The molecule has 0 spiro atoms.